The summed E-state index contributed by atoms with van der Waals surface area (Å²) < 4.78 is 27.3. The Hall–Kier alpha value is 1.22. The predicted molar refractivity (Wildman–Crippen MR) is 41.9 cm³/mol. The van der Waals surface area contributed by atoms with Crippen molar-refractivity contribution >= 4 is 59.0 Å². The monoisotopic (exact) mass is 278 g/mol. The second-order valence-electron chi connectivity index (χ2n) is 1.04. The van der Waals surface area contributed by atoms with Crippen molar-refractivity contribution in [3.05, 3.63) is 12.7 Å². The molecule has 0 amide bonds. The van der Waals surface area contributed by atoms with Crippen LogP contribution < -0.4 is 0 Å². The van der Waals surface area contributed by atoms with E-state index in [4.69, 9.17) is 4.55 Å². The van der Waals surface area contributed by atoms with Crippen LogP contribution in [0.1, 0.15) is 7.43 Å². The third kappa shape index (κ3) is 17.6. The van der Waals surface area contributed by atoms with Crippen LogP contribution in [0.15, 0.2) is 12.7 Å². The molecule has 0 unspecified atom stereocenters. The summed E-state index contributed by atoms with van der Waals surface area (Å²) >= 11 is 0. The number of hydrogen-bond acceptors (Lipinski definition) is 2. The summed E-state index contributed by atoms with van der Waals surface area (Å²) in [6.07, 6.45) is 1.12. The van der Waals surface area contributed by atoms with Crippen LogP contribution in [0.25, 0.3) is 0 Å². The summed E-state index contributed by atoms with van der Waals surface area (Å²) in [7, 11) is -3.79. The van der Waals surface area contributed by atoms with E-state index in [2.05, 4.69) is 6.58 Å². The molecule has 0 heterocycles. The minimum absolute atomic E-state index is 0. The zero-order valence-electron chi connectivity index (χ0n) is 3.66. The molecule has 0 aliphatic rings. The average Bonchev–Trinajstić information content (AvgIpc) is 1.30. The van der Waals surface area contributed by atoms with Crippen LogP contribution in [0, 0.1) is 0 Å². The molecule has 0 saturated heterocycles. The summed E-state index contributed by atoms with van der Waals surface area (Å²) in [6, 6.07) is 0. The molecule has 0 radical (unpaired) electrons. The van der Waals surface area contributed by atoms with Gasteiger partial charge in [0.2, 0.25) is 0 Å². The van der Waals surface area contributed by atoms with Gasteiger partial charge in [-0.15, -0.1) is 6.58 Å². The fourth-order valence-corrected chi connectivity index (χ4v) is 0.447. The van der Waals surface area contributed by atoms with Crippen LogP contribution in [0.3, 0.4) is 0 Å². The first-order chi connectivity index (χ1) is 3.06. The third-order valence-electron chi connectivity index (χ3n) is 0.328. The maximum atomic E-state index is 9.72. The Morgan fingerprint density at radius 3 is 1.89 bits per heavy atom. The summed E-state index contributed by atoms with van der Waals surface area (Å²) in [6.45, 7) is 3.11. The number of hydrogen-bond donors (Lipinski definition) is 1. The molecular formula is C4H12BaO3S. The van der Waals surface area contributed by atoms with Crippen LogP contribution in [-0.4, -0.2) is 67.6 Å². The SMILES string of the molecule is C.C=CCS(=O)(=O)O.[BaH2]. The molecule has 0 aromatic rings. The first kappa shape index (κ1) is 16.7. The molecule has 0 rings (SSSR count). The standard InChI is InChI=1S/C3H6O3S.CH4.Ba.2H/c1-2-3-7(4,5)6;;;;/h2H,1,3H2,(H,4,5,6);1H4;;;. The Kier molecular flexibility index (Phi) is 13.6. The summed E-state index contributed by atoms with van der Waals surface area (Å²) in [5.41, 5.74) is 0. The zero-order valence-corrected chi connectivity index (χ0v) is 4.48. The van der Waals surface area contributed by atoms with Gasteiger partial charge in [0.25, 0.3) is 10.1 Å². The van der Waals surface area contributed by atoms with Crippen LogP contribution in [0.2, 0.25) is 0 Å². The second-order valence-corrected chi connectivity index (χ2v) is 2.53. The van der Waals surface area contributed by atoms with E-state index in [0.717, 1.165) is 6.08 Å². The summed E-state index contributed by atoms with van der Waals surface area (Å²) in [4.78, 5) is 0. The van der Waals surface area contributed by atoms with E-state index in [1.54, 1.807) is 0 Å². The Bertz CT molecular complexity index is 149. The molecule has 1 N–H and O–H groups in total. The van der Waals surface area contributed by atoms with E-state index in [0.29, 0.717) is 0 Å². The van der Waals surface area contributed by atoms with E-state index in [-0.39, 0.29) is 62.1 Å². The molecule has 0 aromatic carbocycles. The third-order valence-corrected chi connectivity index (χ3v) is 0.985. The van der Waals surface area contributed by atoms with E-state index in [1.807, 2.05) is 0 Å². The van der Waals surface area contributed by atoms with Gasteiger partial charge in [-0.25, -0.2) is 0 Å². The average molecular weight is 278 g/mol. The van der Waals surface area contributed by atoms with Crippen molar-refractivity contribution in [3.8, 4) is 0 Å². The van der Waals surface area contributed by atoms with Gasteiger partial charge in [-0.3, -0.25) is 4.55 Å². The second kappa shape index (κ2) is 7.33. The fraction of sp³-hybridized carbons (Fsp3) is 0.500. The van der Waals surface area contributed by atoms with Crippen LogP contribution in [0.5, 0.6) is 0 Å². The minimum atomic E-state index is -3.79. The molecule has 3 nitrogen and oxygen atoms in total. The van der Waals surface area contributed by atoms with Gasteiger partial charge in [0, 0.05) is 0 Å². The Labute approximate surface area is 96.4 Å². The quantitative estimate of drug-likeness (QED) is 0.431. The Morgan fingerprint density at radius 1 is 1.56 bits per heavy atom. The van der Waals surface area contributed by atoms with E-state index >= 15 is 0 Å². The van der Waals surface area contributed by atoms with Gasteiger partial charge in [-0.05, 0) is 0 Å². The maximum absolute atomic E-state index is 9.72. The Morgan fingerprint density at radius 2 is 1.89 bits per heavy atom. The molecular weight excluding hydrogens is 265 g/mol. The first-order valence-electron chi connectivity index (χ1n) is 1.62. The zero-order chi connectivity index (χ0) is 5.91. The molecule has 0 aliphatic heterocycles. The van der Waals surface area contributed by atoms with Crippen LogP contribution >= 0.6 is 0 Å². The first-order valence-corrected chi connectivity index (χ1v) is 3.23. The van der Waals surface area contributed by atoms with Crippen LogP contribution in [0.4, 0.5) is 0 Å². The van der Waals surface area contributed by atoms with Crippen molar-refractivity contribution < 1.29 is 13.0 Å². The van der Waals surface area contributed by atoms with Gasteiger partial charge in [0.05, 0.1) is 5.75 Å². The molecule has 0 spiro atoms. The Balaban J connectivity index is -0.000000180. The molecule has 0 aromatic heterocycles. The van der Waals surface area contributed by atoms with Gasteiger partial charge < -0.3 is 0 Å². The van der Waals surface area contributed by atoms with Gasteiger partial charge in [0.15, 0.2) is 0 Å². The normalized spacial score (nSPS) is 8.56. The van der Waals surface area contributed by atoms with Gasteiger partial charge in [-0.1, -0.05) is 13.5 Å². The van der Waals surface area contributed by atoms with Crippen LogP contribution in [-0.2, 0) is 10.1 Å². The van der Waals surface area contributed by atoms with E-state index in [1.165, 1.54) is 0 Å². The summed E-state index contributed by atoms with van der Waals surface area (Å²) in [5, 5.41) is 0. The van der Waals surface area contributed by atoms with Crippen molar-refractivity contribution in [2.45, 2.75) is 7.43 Å². The fourth-order valence-electron chi connectivity index (χ4n) is 0.149. The van der Waals surface area contributed by atoms with Gasteiger partial charge in [0.1, 0.15) is 0 Å². The summed E-state index contributed by atoms with van der Waals surface area (Å²) in [5.74, 6) is -0.368. The van der Waals surface area contributed by atoms with Crippen molar-refractivity contribution in [3.63, 3.8) is 0 Å². The van der Waals surface area contributed by atoms with E-state index in [9.17, 15) is 8.42 Å². The van der Waals surface area contributed by atoms with Crippen molar-refractivity contribution in [2.75, 3.05) is 5.75 Å². The molecule has 54 valence electrons. The molecule has 0 aliphatic carbocycles. The number of rotatable bonds is 2. The molecule has 0 saturated carbocycles. The topological polar surface area (TPSA) is 54.4 Å². The predicted octanol–water partition coefficient (Wildman–Crippen LogP) is -0.220. The van der Waals surface area contributed by atoms with Gasteiger partial charge in [-0.2, -0.15) is 8.42 Å². The molecule has 0 bridgehead atoms. The van der Waals surface area contributed by atoms with Gasteiger partial charge >= 0.3 is 48.9 Å². The molecule has 9 heavy (non-hydrogen) atoms. The van der Waals surface area contributed by atoms with Crippen molar-refractivity contribution in [1.82, 2.24) is 0 Å². The molecule has 5 heteroatoms. The van der Waals surface area contributed by atoms with Crippen molar-refractivity contribution in [2.24, 2.45) is 0 Å². The van der Waals surface area contributed by atoms with Crippen molar-refractivity contribution in [1.29, 1.82) is 0 Å². The van der Waals surface area contributed by atoms with E-state index < -0.39 is 10.1 Å². The molecule has 0 fully saturated rings. The molecule has 0 atom stereocenters.